The third kappa shape index (κ3) is 4.51. The van der Waals surface area contributed by atoms with E-state index < -0.39 is 10.9 Å². The number of piperidine rings is 1. The van der Waals surface area contributed by atoms with Crippen molar-refractivity contribution in [1.82, 2.24) is 9.88 Å². The Labute approximate surface area is 140 Å². The Balaban J connectivity index is 2.06. The summed E-state index contributed by atoms with van der Waals surface area (Å²) in [6.45, 7) is 8.59. The average molecular weight is 334 g/mol. The Hall–Kier alpha value is -2.48. The number of nitro groups is 1. The Bertz CT molecular complexity index is 639. The zero-order valence-corrected chi connectivity index (χ0v) is 13.9. The summed E-state index contributed by atoms with van der Waals surface area (Å²) in [5, 5.41) is 14.4. The molecule has 24 heavy (non-hydrogen) atoms. The lowest BCUT2D eigenvalue weighted by molar-refractivity contribution is -0.384. The zero-order valence-electron chi connectivity index (χ0n) is 13.9. The summed E-state index contributed by atoms with van der Waals surface area (Å²) in [5.74, 6) is -0.462. The van der Waals surface area contributed by atoms with Crippen molar-refractivity contribution in [2.75, 3.05) is 32.1 Å². The standard InChI is InChI=1S/C16H22N4O4/c1-11(2)10-19-6-4-13(5-7-19)18-15-14(20(22)23)8-12(9-17-15)16(21)24-3/h8-9,13H,1,4-7,10H2,2-3H3,(H,17,18). The van der Waals surface area contributed by atoms with Crippen LogP contribution in [0.4, 0.5) is 11.5 Å². The van der Waals surface area contributed by atoms with Gasteiger partial charge in [-0.25, -0.2) is 9.78 Å². The monoisotopic (exact) mass is 334 g/mol. The van der Waals surface area contributed by atoms with E-state index in [1.807, 2.05) is 6.92 Å². The molecule has 2 rings (SSSR count). The SMILES string of the molecule is C=C(C)CN1CCC(Nc2ncc(C(=O)OC)cc2[N+](=O)[O-])CC1. The number of rotatable bonds is 6. The first-order valence-electron chi connectivity index (χ1n) is 7.76. The van der Waals surface area contributed by atoms with Gasteiger partial charge in [0.05, 0.1) is 17.6 Å². The summed E-state index contributed by atoms with van der Waals surface area (Å²) < 4.78 is 4.57. The van der Waals surface area contributed by atoms with Gasteiger partial charge in [0, 0.05) is 37.9 Å². The molecule has 0 spiro atoms. The van der Waals surface area contributed by atoms with Crippen LogP contribution in [0, 0.1) is 10.1 Å². The molecule has 1 aliphatic rings. The van der Waals surface area contributed by atoms with Crippen molar-refractivity contribution >= 4 is 17.5 Å². The Morgan fingerprint density at radius 1 is 1.54 bits per heavy atom. The van der Waals surface area contributed by atoms with Gasteiger partial charge in [-0.05, 0) is 19.8 Å². The third-order valence-corrected chi connectivity index (χ3v) is 3.91. The molecule has 1 aromatic rings. The molecule has 1 saturated heterocycles. The molecule has 8 nitrogen and oxygen atoms in total. The molecule has 0 atom stereocenters. The lowest BCUT2D eigenvalue weighted by Gasteiger charge is -2.32. The van der Waals surface area contributed by atoms with E-state index in [-0.39, 0.29) is 23.1 Å². The van der Waals surface area contributed by atoms with Gasteiger partial charge in [0.25, 0.3) is 0 Å². The van der Waals surface area contributed by atoms with Crippen LogP contribution < -0.4 is 5.32 Å². The van der Waals surface area contributed by atoms with Crippen molar-refractivity contribution in [3.8, 4) is 0 Å². The number of carbonyl (C=O) groups excluding carboxylic acids is 1. The number of carbonyl (C=O) groups is 1. The number of anilines is 1. The van der Waals surface area contributed by atoms with Gasteiger partial charge in [-0.3, -0.25) is 15.0 Å². The maximum absolute atomic E-state index is 11.5. The van der Waals surface area contributed by atoms with Crippen molar-refractivity contribution < 1.29 is 14.5 Å². The van der Waals surface area contributed by atoms with Gasteiger partial charge < -0.3 is 10.1 Å². The molecule has 0 amide bonds. The molecule has 130 valence electrons. The number of pyridine rings is 1. The molecule has 0 unspecified atom stereocenters. The van der Waals surface area contributed by atoms with Crippen LogP contribution in [0.15, 0.2) is 24.4 Å². The minimum Gasteiger partial charge on any atom is -0.465 e. The molecule has 1 aromatic heterocycles. The highest BCUT2D eigenvalue weighted by Crippen LogP contribution is 2.26. The minimum absolute atomic E-state index is 0.0611. The number of ether oxygens (including phenoxy) is 1. The van der Waals surface area contributed by atoms with Crippen LogP contribution in [0.25, 0.3) is 0 Å². The normalized spacial score (nSPS) is 15.8. The molecular formula is C16H22N4O4. The fourth-order valence-corrected chi connectivity index (χ4v) is 2.74. The highest BCUT2D eigenvalue weighted by Gasteiger charge is 2.24. The van der Waals surface area contributed by atoms with Crippen LogP contribution in [-0.4, -0.2) is 53.6 Å². The van der Waals surface area contributed by atoms with Crippen LogP contribution in [-0.2, 0) is 4.74 Å². The Morgan fingerprint density at radius 3 is 2.75 bits per heavy atom. The number of hydrogen-bond donors (Lipinski definition) is 1. The minimum atomic E-state index is -0.648. The predicted molar refractivity (Wildman–Crippen MR) is 90.1 cm³/mol. The summed E-state index contributed by atoms with van der Waals surface area (Å²) in [7, 11) is 1.22. The molecule has 0 saturated carbocycles. The molecule has 2 heterocycles. The van der Waals surface area contributed by atoms with E-state index in [0.29, 0.717) is 0 Å². The number of aromatic nitrogens is 1. The third-order valence-electron chi connectivity index (χ3n) is 3.91. The van der Waals surface area contributed by atoms with Gasteiger partial charge in [-0.2, -0.15) is 0 Å². The first-order chi connectivity index (χ1) is 11.4. The number of hydrogen-bond acceptors (Lipinski definition) is 7. The predicted octanol–water partition coefficient (Wildman–Crippen LogP) is 2.23. The highest BCUT2D eigenvalue weighted by atomic mass is 16.6. The van der Waals surface area contributed by atoms with Crippen molar-refractivity contribution in [3.05, 3.63) is 40.1 Å². The van der Waals surface area contributed by atoms with Crippen molar-refractivity contribution in [1.29, 1.82) is 0 Å². The van der Waals surface area contributed by atoms with Gasteiger partial charge in [0.2, 0.25) is 5.82 Å². The van der Waals surface area contributed by atoms with Gasteiger partial charge in [0.15, 0.2) is 0 Å². The lowest BCUT2D eigenvalue weighted by Crippen LogP contribution is -2.39. The molecule has 1 fully saturated rings. The largest absolute Gasteiger partial charge is 0.465 e. The molecule has 0 aromatic carbocycles. The second-order valence-corrected chi connectivity index (χ2v) is 5.99. The van der Waals surface area contributed by atoms with Gasteiger partial charge in [-0.15, -0.1) is 0 Å². The van der Waals surface area contributed by atoms with E-state index in [0.717, 1.165) is 38.0 Å². The van der Waals surface area contributed by atoms with Gasteiger partial charge in [-0.1, -0.05) is 12.2 Å². The van der Waals surface area contributed by atoms with E-state index in [4.69, 9.17) is 0 Å². The maximum Gasteiger partial charge on any atom is 0.339 e. The summed E-state index contributed by atoms with van der Waals surface area (Å²) in [6, 6.07) is 1.30. The van der Waals surface area contributed by atoms with E-state index in [1.165, 1.54) is 19.4 Å². The van der Waals surface area contributed by atoms with Gasteiger partial charge in [0.1, 0.15) is 0 Å². The van der Waals surface area contributed by atoms with Crippen molar-refractivity contribution in [3.63, 3.8) is 0 Å². The number of nitrogens with zero attached hydrogens (tertiary/aromatic N) is 3. The van der Waals surface area contributed by atoms with Crippen LogP contribution in [0.5, 0.6) is 0 Å². The molecule has 1 N–H and O–H groups in total. The topological polar surface area (TPSA) is 97.6 Å². The number of esters is 1. The first-order valence-corrected chi connectivity index (χ1v) is 7.76. The van der Waals surface area contributed by atoms with Crippen molar-refractivity contribution in [2.45, 2.75) is 25.8 Å². The Morgan fingerprint density at radius 2 is 2.21 bits per heavy atom. The van der Waals surface area contributed by atoms with E-state index in [1.54, 1.807) is 0 Å². The molecule has 1 aliphatic heterocycles. The molecule has 8 heteroatoms. The van der Waals surface area contributed by atoms with Crippen LogP contribution in [0.1, 0.15) is 30.1 Å². The summed E-state index contributed by atoms with van der Waals surface area (Å²) in [4.78, 5) is 28.6. The molecule has 0 aliphatic carbocycles. The maximum atomic E-state index is 11.5. The van der Waals surface area contributed by atoms with Crippen LogP contribution in [0.3, 0.4) is 0 Å². The first kappa shape index (κ1) is 17.9. The van der Waals surface area contributed by atoms with Gasteiger partial charge >= 0.3 is 11.7 Å². The average Bonchev–Trinajstić information content (AvgIpc) is 2.55. The van der Waals surface area contributed by atoms with Crippen LogP contribution >= 0.6 is 0 Å². The highest BCUT2D eigenvalue weighted by molar-refractivity contribution is 5.90. The summed E-state index contributed by atoms with van der Waals surface area (Å²) in [6.07, 6.45) is 3.02. The van der Waals surface area contributed by atoms with E-state index >= 15 is 0 Å². The van der Waals surface area contributed by atoms with Crippen molar-refractivity contribution in [2.24, 2.45) is 0 Å². The van der Waals surface area contributed by atoms with Crippen LogP contribution in [0.2, 0.25) is 0 Å². The fourth-order valence-electron chi connectivity index (χ4n) is 2.74. The molecule has 0 bridgehead atoms. The smallest absolute Gasteiger partial charge is 0.339 e. The quantitative estimate of drug-likeness (QED) is 0.369. The molecule has 0 radical (unpaired) electrons. The number of nitrogens with one attached hydrogen (secondary N) is 1. The second-order valence-electron chi connectivity index (χ2n) is 5.99. The molecular weight excluding hydrogens is 312 g/mol. The number of methoxy groups -OCH3 is 1. The van der Waals surface area contributed by atoms with E-state index in [2.05, 4.69) is 26.5 Å². The fraction of sp³-hybridized carbons (Fsp3) is 0.500. The number of likely N-dealkylation sites (tertiary alicyclic amines) is 1. The van der Waals surface area contributed by atoms with E-state index in [9.17, 15) is 14.9 Å². The summed E-state index contributed by atoms with van der Waals surface area (Å²) in [5.41, 5.74) is 0.963. The zero-order chi connectivity index (χ0) is 17.7. The Kier molecular flexibility index (Phi) is 5.86. The lowest BCUT2D eigenvalue weighted by atomic mass is 10.0. The second kappa shape index (κ2) is 7.87. The summed E-state index contributed by atoms with van der Waals surface area (Å²) >= 11 is 0.